The topological polar surface area (TPSA) is 9.23 Å². The number of hydrogen-bond donors (Lipinski definition) is 0. The van der Waals surface area contributed by atoms with E-state index in [-0.39, 0.29) is 0 Å². The second-order valence-electron chi connectivity index (χ2n) is 3.08. The first-order valence-electron chi connectivity index (χ1n) is 3.94. The molecule has 0 aromatic heterocycles. The van der Waals surface area contributed by atoms with Crippen molar-refractivity contribution >= 4 is 8.32 Å². The van der Waals surface area contributed by atoms with Gasteiger partial charge in [0.1, 0.15) is 6.61 Å². The van der Waals surface area contributed by atoms with Crippen LogP contribution < -0.4 is 0 Å². The molecule has 0 unspecified atom stereocenters. The van der Waals surface area contributed by atoms with E-state index in [9.17, 15) is 22.0 Å². The van der Waals surface area contributed by atoms with E-state index in [1.807, 2.05) is 0 Å². The summed E-state index contributed by atoms with van der Waals surface area (Å²) < 4.78 is 64.7. The molecular weight excluding hydrogens is 235 g/mol. The molecule has 0 rings (SSSR count). The van der Waals surface area contributed by atoms with Crippen molar-refractivity contribution in [3.05, 3.63) is 24.6 Å². The summed E-state index contributed by atoms with van der Waals surface area (Å²) >= 11 is 0. The van der Waals surface area contributed by atoms with Gasteiger partial charge in [-0.2, -0.15) is 22.0 Å². The molecule has 15 heavy (non-hydrogen) atoms. The minimum Gasteiger partial charge on any atom is -0.403 e. The average molecular weight is 246 g/mol. The van der Waals surface area contributed by atoms with E-state index in [0.29, 0.717) is 0 Å². The fraction of sp³-hybridized carbons (Fsp3) is 0.500. The van der Waals surface area contributed by atoms with Gasteiger partial charge in [-0.15, -0.1) is 13.2 Å². The number of hydrogen-bond acceptors (Lipinski definition) is 1. The van der Waals surface area contributed by atoms with Gasteiger partial charge in [0.25, 0.3) is 0 Å². The van der Waals surface area contributed by atoms with Crippen LogP contribution in [-0.4, -0.2) is 27.0 Å². The van der Waals surface area contributed by atoms with Crippen molar-refractivity contribution in [2.75, 3.05) is 6.61 Å². The third kappa shape index (κ3) is 3.75. The fourth-order valence-electron chi connectivity index (χ4n) is 0.529. The van der Waals surface area contributed by atoms with Crippen molar-refractivity contribution in [2.24, 2.45) is 0 Å². The van der Waals surface area contributed by atoms with Gasteiger partial charge in [-0.25, -0.2) is 0 Å². The van der Waals surface area contributed by atoms with Crippen LogP contribution in [0.15, 0.2) is 24.6 Å². The fourth-order valence-corrected chi connectivity index (χ4v) is 1.42. The zero-order valence-electron chi connectivity index (χ0n) is 8.07. The van der Waals surface area contributed by atoms with E-state index in [0.717, 1.165) is 0 Å². The van der Waals surface area contributed by atoms with Crippen LogP contribution in [0.4, 0.5) is 22.0 Å². The Morgan fingerprint density at radius 2 is 1.53 bits per heavy atom. The summed E-state index contributed by atoms with van der Waals surface area (Å²) in [6, 6.07) is 0. The van der Waals surface area contributed by atoms with Crippen molar-refractivity contribution < 1.29 is 26.4 Å². The van der Waals surface area contributed by atoms with E-state index in [4.69, 9.17) is 0 Å². The number of halogens is 5. The highest BCUT2D eigenvalue weighted by atomic mass is 28.4. The van der Waals surface area contributed by atoms with Crippen molar-refractivity contribution in [2.45, 2.75) is 18.6 Å². The van der Waals surface area contributed by atoms with Gasteiger partial charge in [-0.05, 0) is 6.55 Å². The Labute approximate surface area is 85.4 Å². The molecule has 0 N–H and O–H groups in total. The monoisotopic (exact) mass is 246 g/mol. The molecule has 0 spiro atoms. The van der Waals surface area contributed by atoms with Crippen LogP contribution in [0, 0.1) is 0 Å². The Balaban J connectivity index is 4.51. The lowest BCUT2D eigenvalue weighted by atomic mass is 10.3. The van der Waals surface area contributed by atoms with Gasteiger partial charge < -0.3 is 4.43 Å². The number of alkyl halides is 5. The van der Waals surface area contributed by atoms with E-state index >= 15 is 0 Å². The lowest BCUT2D eigenvalue weighted by Crippen LogP contribution is -2.44. The lowest BCUT2D eigenvalue weighted by molar-refractivity contribution is -0.290. The van der Waals surface area contributed by atoms with Crippen LogP contribution in [-0.2, 0) is 4.43 Å². The first-order chi connectivity index (χ1) is 6.58. The highest BCUT2D eigenvalue weighted by Gasteiger charge is 2.58. The van der Waals surface area contributed by atoms with Crippen molar-refractivity contribution in [1.29, 1.82) is 0 Å². The molecule has 0 aliphatic rings. The third-order valence-electron chi connectivity index (χ3n) is 1.79. The van der Waals surface area contributed by atoms with Gasteiger partial charge in [0.15, 0.2) is 0 Å². The minimum atomic E-state index is -5.59. The van der Waals surface area contributed by atoms with Crippen LogP contribution in [0.2, 0.25) is 6.55 Å². The van der Waals surface area contributed by atoms with Crippen LogP contribution in [0.3, 0.4) is 0 Å². The normalized spacial score (nSPS) is 13.7. The van der Waals surface area contributed by atoms with Gasteiger partial charge in [-0.1, -0.05) is 11.4 Å². The second kappa shape index (κ2) is 4.44. The second-order valence-corrected chi connectivity index (χ2v) is 6.56. The molecule has 0 fully saturated rings. The molecule has 0 aromatic carbocycles. The van der Waals surface area contributed by atoms with Crippen molar-refractivity contribution in [3.8, 4) is 0 Å². The highest BCUT2D eigenvalue weighted by Crippen LogP contribution is 2.36. The van der Waals surface area contributed by atoms with Crippen LogP contribution >= 0.6 is 0 Å². The summed E-state index contributed by atoms with van der Waals surface area (Å²) in [5, 5.41) is 0. The maximum absolute atomic E-state index is 12.4. The Kier molecular flexibility index (Phi) is 4.23. The molecule has 0 amide bonds. The molecule has 1 nitrogen and oxygen atoms in total. The summed E-state index contributed by atoms with van der Waals surface area (Å²) in [5.41, 5.74) is 2.46. The molecule has 0 aliphatic carbocycles. The van der Waals surface area contributed by atoms with Gasteiger partial charge in [0, 0.05) is 0 Å². The van der Waals surface area contributed by atoms with Gasteiger partial charge in [0.2, 0.25) is 8.32 Å². The SMILES string of the molecule is C=C[Si](C)(C=C)OCC(F)(F)C(F)(F)F. The Bertz CT molecular complexity index is 240. The maximum Gasteiger partial charge on any atom is 0.455 e. The minimum absolute atomic E-state index is 1.23. The number of rotatable bonds is 5. The Morgan fingerprint density at radius 1 is 1.13 bits per heavy atom. The Morgan fingerprint density at radius 3 is 1.80 bits per heavy atom. The van der Waals surface area contributed by atoms with Crippen LogP contribution in [0.1, 0.15) is 0 Å². The molecule has 0 aromatic rings. The molecule has 0 aliphatic heterocycles. The Hall–Kier alpha value is -0.693. The summed E-state index contributed by atoms with van der Waals surface area (Å²) in [4.78, 5) is 0. The summed E-state index contributed by atoms with van der Waals surface area (Å²) in [6.45, 7) is 6.33. The first kappa shape index (κ1) is 14.3. The summed E-state index contributed by atoms with van der Waals surface area (Å²) in [7, 11) is -2.84. The quantitative estimate of drug-likeness (QED) is 0.534. The van der Waals surface area contributed by atoms with E-state index in [2.05, 4.69) is 17.6 Å². The first-order valence-corrected chi connectivity index (χ1v) is 6.50. The summed E-state index contributed by atoms with van der Waals surface area (Å²) in [5.74, 6) is -4.84. The molecular formula is C8H11F5OSi. The largest absolute Gasteiger partial charge is 0.455 e. The molecule has 0 atom stereocenters. The summed E-state index contributed by atoms with van der Waals surface area (Å²) in [6.07, 6.45) is -5.59. The molecule has 0 saturated carbocycles. The third-order valence-corrected chi connectivity index (χ3v) is 4.18. The van der Waals surface area contributed by atoms with Crippen molar-refractivity contribution in [3.63, 3.8) is 0 Å². The zero-order valence-corrected chi connectivity index (χ0v) is 9.07. The molecule has 0 heterocycles. The molecule has 7 heteroatoms. The maximum atomic E-state index is 12.4. The average Bonchev–Trinajstić information content (AvgIpc) is 2.13. The van der Waals surface area contributed by atoms with Crippen molar-refractivity contribution in [1.82, 2.24) is 0 Å². The van der Waals surface area contributed by atoms with E-state index in [1.165, 1.54) is 17.9 Å². The van der Waals surface area contributed by atoms with Gasteiger partial charge in [-0.3, -0.25) is 0 Å². The lowest BCUT2D eigenvalue weighted by Gasteiger charge is -2.25. The molecule has 0 bridgehead atoms. The van der Waals surface area contributed by atoms with Crippen LogP contribution in [0.25, 0.3) is 0 Å². The van der Waals surface area contributed by atoms with E-state index in [1.54, 1.807) is 0 Å². The van der Waals surface area contributed by atoms with E-state index < -0.39 is 27.0 Å². The predicted octanol–water partition coefficient (Wildman–Crippen LogP) is 3.23. The smallest absolute Gasteiger partial charge is 0.403 e. The zero-order chi connectivity index (χ0) is 12.3. The highest BCUT2D eigenvalue weighted by molar-refractivity contribution is 6.82. The van der Waals surface area contributed by atoms with Gasteiger partial charge in [0.05, 0.1) is 0 Å². The van der Waals surface area contributed by atoms with Crippen LogP contribution in [0.5, 0.6) is 0 Å². The predicted molar refractivity (Wildman–Crippen MR) is 49.0 cm³/mol. The molecule has 0 saturated heterocycles. The molecule has 88 valence electrons. The van der Waals surface area contributed by atoms with Gasteiger partial charge >= 0.3 is 12.1 Å². The standard InChI is InChI=1S/C8H11F5OSi/c1-4-15(3,5-2)14-6-7(9,10)8(11,12)13/h4-5H,1-2,6H2,3H3. The molecule has 0 radical (unpaired) electrons.